The molecular weight excluding hydrogens is 420 g/mol. The first-order valence-electron chi connectivity index (χ1n) is 10.6. The third-order valence-electron chi connectivity index (χ3n) is 6.00. The van der Waals surface area contributed by atoms with E-state index in [9.17, 15) is 9.59 Å². The second-order valence-corrected chi connectivity index (χ2v) is 8.29. The molecule has 0 spiro atoms. The Kier molecular flexibility index (Phi) is 5.12. The van der Waals surface area contributed by atoms with Gasteiger partial charge in [-0.05, 0) is 23.8 Å². The molecule has 1 saturated heterocycles. The number of aliphatic imine (C=N–C) groups is 1. The van der Waals surface area contributed by atoms with Crippen molar-refractivity contribution in [2.75, 3.05) is 26.0 Å². The highest BCUT2D eigenvalue weighted by atomic mass is 16.2. The molecule has 3 aromatic rings. The van der Waals surface area contributed by atoms with Crippen LogP contribution in [0.15, 0.2) is 53.8 Å². The van der Waals surface area contributed by atoms with Gasteiger partial charge in [0.15, 0.2) is 18.0 Å². The molecule has 2 unspecified atom stereocenters. The lowest BCUT2D eigenvalue weighted by molar-refractivity contribution is -0.136. The zero-order valence-electron chi connectivity index (χ0n) is 18.7. The van der Waals surface area contributed by atoms with Gasteiger partial charge >= 0.3 is 6.03 Å². The maximum atomic E-state index is 13.0. The summed E-state index contributed by atoms with van der Waals surface area (Å²) in [6, 6.07) is 10.8. The normalized spacial score (nSPS) is 20.0. The lowest BCUT2D eigenvalue weighted by atomic mass is 10.1. The summed E-state index contributed by atoms with van der Waals surface area (Å²) in [5.41, 5.74) is 1.84. The molecule has 0 radical (unpaired) electrons. The Morgan fingerprint density at radius 2 is 1.88 bits per heavy atom. The molecule has 2 aliphatic rings. The van der Waals surface area contributed by atoms with Crippen molar-refractivity contribution < 1.29 is 9.59 Å². The summed E-state index contributed by atoms with van der Waals surface area (Å²) in [6.45, 7) is 0.759. The van der Waals surface area contributed by atoms with Crippen LogP contribution in [0.25, 0.3) is 10.9 Å². The highest BCUT2D eigenvalue weighted by molar-refractivity contribution is 6.01. The number of anilines is 1. The summed E-state index contributed by atoms with van der Waals surface area (Å²) in [6.07, 6.45) is 4.57. The van der Waals surface area contributed by atoms with Crippen molar-refractivity contribution in [2.24, 2.45) is 4.99 Å². The van der Waals surface area contributed by atoms with E-state index in [-0.39, 0.29) is 12.5 Å². The first kappa shape index (κ1) is 20.8. The Bertz CT molecular complexity index is 1250. The Labute approximate surface area is 191 Å². The molecule has 2 aromatic heterocycles. The molecule has 10 nitrogen and oxygen atoms in total. The molecule has 2 atom stereocenters. The summed E-state index contributed by atoms with van der Waals surface area (Å²) in [4.78, 5) is 50.2. The monoisotopic (exact) mass is 444 g/mol. The van der Waals surface area contributed by atoms with E-state index < -0.39 is 18.2 Å². The average molecular weight is 444 g/mol. The van der Waals surface area contributed by atoms with E-state index >= 15 is 0 Å². The number of hydrogen-bond acceptors (Lipinski definition) is 8. The van der Waals surface area contributed by atoms with Crippen LogP contribution >= 0.6 is 0 Å². The number of carbonyl (C=O) groups excluding carboxylic acids is 2. The number of rotatable bonds is 5. The second-order valence-electron chi connectivity index (χ2n) is 8.29. The van der Waals surface area contributed by atoms with Gasteiger partial charge in [0.2, 0.25) is 0 Å². The lowest BCUT2D eigenvalue weighted by Gasteiger charge is -2.40. The Balaban J connectivity index is 1.50. The van der Waals surface area contributed by atoms with E-state index in [0.29, 0.717) is 12.4 Å². The van der Waals surface area contributed by atoms with Gasteiger partial charge in [-0.2, -0.15) is 0 Å². The fourth-order valence-electron chi connectivity index (χ4n) is 4.31. The SMILES string of the molecule is CN1C(=O)C2C(N=CN2C)N(Cc2nc(N(C)Cc3cccnc3)c3ccccc3n2)C1=O. The van der Waals surface area contributed by atoms with Crippen molar-refractivity contribution in [3.63, 3.8) is 0 Å². The van der Waals surface area contributed by atoms with Crippen molar-refractivity contribution >= 4 is 35.0 Å². The molecule has 0 saturated carbocycles. The van der Waals surface area contributed by atoms with Crippen molar-refractivity contribution in [1.82, 2.24) is 29.7 Å². The maximum absolute atomic E-state index is 13.0. The van der Waals surface area contributed by atoms with Gasteiger partial charge in [0.05, 0.1) is 18.4 Å². The Morgan fingerprint density at radius 3 is 2.67 bits per heavy atom. The van der Waals surface area contributed by atoms with Crippen LogP contribution in [0.4, 0.5) is 10.6 Å². The third kappa shape index (κ3) is 3.63. The summed E-state index contributed by atoms with van der Waals surface area (Å²) < 4.78 is 0. The summed E-state index contributed by atoms with van der Waals surface area (Å²) in [7, 11) is 5.25. The minimum Gasteiger partial charge on any atom is -0.355 e. The van der Waals surface area contributed by atoms with Crippen molar-refractivity contribution in [1.29, 1.82) is 0 Å². The topological polar surface area (TPSA) is 98.1 Å². The minimum absolute atomic E-state index is 0.140. The Morgan fingerprint density at radius 1 is 1.06 bits per heavy atom. The highest BCUT2D eigenvalue weighted by Crippen LogP contribution is 2.28. The largest absolute Gasteiger partial charge is 0.355 e. The molecule has 0 aliphatic carbocycles. The van der Waals surface area contributed by atoms with Gasteiger partial charge in [-0.3, -0.25) is 19.6 Å². The van der Waals surface area contributed by atoms with Crippen LogP contribution in [0.1, 0.15) is 11.4 Å². The summed E-state index contributed by atoms with van der Waals surface area (Å²) in [5, 5.41) is 0.918. The highest BCUT2D eigenvalue weighted by Gasteiger charge is 2.49. The maximum Gasteiger partial charge on any atom is 0.328 e. The number of amides is 3. The summed E-state index contributed by atoms with van der Waals surface area (Å²) >= 11 is 0. The number of nitrogens with zero attached hydrogens (tertiary/aromatic N) is 8. The van der Waals surface area contributed by atoms with Crippen LogP contribution in [0, 0.1) is 0 Å². The molecule has 1 aromatic carbocycles. The van der Waals surface area contributed by atoms with Crippen LogP contribution in [0.5, 0.6) is 0 Å². The van der Waals surface area contributed by atoms with Crippen molar-refractivity contribution in [3.05, 3.63) is 60.2 Å². The van der Waals surface area contributed by atoms with Gasteiger partial charge in [-0.1, -0.05) is 18.2 Å². The zero-order valence-corrected chi connectivity index (χ0v) is 18.7. The molecule has 0 bridgehead atoms. The van der Waals surface area contributed by atoms with E-state index in [0.717, 1.165) is 27.2 Å². The number of fused-ring (bicyclic) bond motifs is 2. The molecule has 5 rings (SSSR count). The number of imide groups is 1. The van der Waals surface area contributed by atoms with E-state index in [4.69, 9.17) is 9.97 Å². The lowest BCUT2D eigenvalue weighted by Crippen LogP contribution is -2.63. The van der Waals surface area contributed by atoms with Gasteiger partial charge in [0.1, 0.15) is 5.82 Å². The van der Waals surface area contributed by atoms with Crippen LogP contribution in [-0.2, 0) is 17.9 Å². The van der Waals surface area contributed by atoms with Crippen LogP contribution in [-0.4, -0.2) is 81.3 Å². The quantitative estimate of drug-likeness (QED) is 0.591. The molecule has 3 amide bonds. The minimum atomic E-state index is -0.599. The molecule has 1 fully saturated rings. The number of carbonyl (C=O) groups is 2. The summed E-state index contributed by atoms with van der Waals surface area (Å²) in [5.74, 6) is 0.982. The fourth-order valence-corrected chi connectivity index (χ4v) is 4.31. The number of para-hydroxylation sites is 1. The van der Waals surface area contributed by atoms with Gasteiger partial charge in [-0.25, -0.2) is 19.8 Å². The smallest absolute Gasteiger partial charge is 0.328 e. The van der Waals surface area contributed by atoms with E-state index in [1.165, 1.54) is 7.05 Å². The van der Waals surface area contributed by atoms with Gasteiger partial charge in [0, 0.05) is 45.5 Å². The van der Waals surface area contributed by atoms with Crippen LogP contribution < -0.4 is 4.90 Å². The van der Waals surface area contributed by atoms with Gasteiger partial charge in [0.25, 0.3) is 5.91 Å². The molecular formula is C23H24N8O2. The number of aromatic nitrogens is 3. The third-order valence-corrected chi connectivity index (χ3v) is 6.00. The molecule has 2 aliphatic heterocycles. The predicted molar refractivity (Wildman–Crippen MR) is 123 cm³/mol. The number of likely N-dealkylation sites (N-methyl/N-ethyl adjacent to an activating group) is 2. The molecule has 33 heavy (non-hydrogen) atoms. The van der Waals surface area contributed by atoms with Gasteiger partial charge < -0.3 is 9.80 Å². The fraction of sp³-hybridized carbons (Fsp3) is 0.304. The predicted octanol–water partition coefficient (Wildman–Crippen LogP) is 1.72. The molecule has 4 heterocycles. The second kappa shape index (κ2) is 8.12. The van der Waals surface area contributed by atoms with Crippen molar-refractivity contribution in [2.45, 2.75) is 25.3 Å². The number of benzene rings is 1. The molecule has 0 N–H and O–H groups in total. The Hall–Kier alpha value is -4.08. The van der Waals surface area contributed by atoms with E-state index in [2.05, 4.69) is 9.98 Å². The first-order valence-corrected chi connectivity index (χ1v) is 10.6. The standard InChI is InChI=1S/C23H24N8O2/c1-28(12-15-7-6-10-24-11-15)20-16-8-4-5-9-17(16)26-18(27-20)13-31-21-19(29(2)14-25-21)22(32)30(3)23(31)33/h4-11,14,19,21H,12-13H2,1-3H3. The van der Waals surface area contributed by atoms with Crippen molar-refractivity contribution in [3.8, 4) is 0 Å². The first-order chi connectivity index (χ1) is 15.9. The molecule has 10 heteroatoms. The number of urea groups is 1. The van der Waals surface area contributed by atoms with E-state index in [1.807, 2.05) is 54.5 Å². The zero-order chi connectivity index (χ0) is 23.1. The van der Waals surface area contributed by atoms with Gasteiger partial charge in [-0.15, -0.1) is 0 Å². The number of hydrogen-bond donors (Lipinski definition) is 0. The number of pyridine rings is 1. The average Bonchev–Trinajstić information content (AvgIpc) is 3.21. The van der Waals surface area contributed by atoms with Crippen LogP contribution in [0.2, 0.25) is 0 Å². The van der Waals surface area contributed by atoms with Crippen LogP contribution in [0.3, 0.4) is 0 Å². The van der Waals surface area contributed by atoms with E-state index in [1.54, 1.807) is 29.4 Å². The molecule has 168 valence electrons.